The molecular weight excluding hydrogens is 232 g/mol. The molecule has 0 radical (unpaired) electrons. The molecule has 2 rings (SSSR count). The number of aryl methyl sites for hydroxylation is 1. The lowest BCUT2D eigenvalue weighted by Gasteiger charge is -2.26. The molecule has 1 aromatic heterocycles. The second-order valence-corrected chi connectivity index (χ2v) is 5.19. The van der Waals surface area contributed by atoms with Crippen LogP contribution in [0.5, 0.6) is 0 Å². The number of carboxylic acid groups (broad SMARTS) is 1. The molecule has 0 atom stereocenters. The Morgan fingerprint density at radius 2 is 2.00 bits per heavy atom. The second kappa shape index (κ2) is 4.96. The average molecular weight is 252 g/mol. The smallest absolute Gasteiger partial charge is 0.310 e. The monoisotopic (exact) mass is 252 g/mol. The summed E-state index contributed by atoms with van der Waals surface area (Å²) < 4.78 is 1.49. The van der Waals surface area contributed by atoms with Crippen molar-refractivity contribution in [2.45, 2.75) is 44.9 Å². The number of aromatic nitrogens is 3. The molecule has 6 nitrogen and oxygen atoms in total. The summed E-state index contributed by atoms with van der Waals surface area (Å²) in [6.07, 6.45) is 5.97. The number of nitrogens with two attached hydrogens (primary N) is 1. The summed E-state index contributed by atoms with van der Waals surface area (Å²) in [5.41, 5.74) is 4.93. The maximum atomic E-state index is 11.6. The molecule has 1 aromatic rings. The Bertz CT molecular complexity index is 414. The first-order chi connectivity index (χ1) is 8.53. The standard InChI is InChI=1S/C12H20N4O2/c1-16-11(13)14-9(15-16)8-12(10(17)18)6-4-2-3-5-7-12/h2-8H2,1H3,(H,17,18)(H2,13,14,15). The summed E-state index contributed by atoms with van der Waals surface area (Å²) in [5.74, 6) is 0.147. The van der Waals surface area contributed by atoms with Gasteiger partial charge in [-0.05, 0) is 12.8 Å². The van der Waals surface area contributed by atoms with Gasteiger partial charge in [-0.3, -0.25) is 4.79 Å². The molecular formula is C12H20N4O2. The molecule has 1 saturated carbocycles. The normalized spacial score (nSPS) is 19.4. The zero-order valence-electron chi connectivity index (χ0n) is 10.7. The molecule has 0 aromatic carbocycles. The Morgan fingerprint density at radius 3 is 2.44 bits per heavy atom. The topological polar surface area (TPSA) is 94.0 Å². The van der Waals surface area contributed by atoms with Crippen LogP contribution in [0.1, 0.15) is 44.3 Å². The van der Waals surface area contributed by atoms with E-state index in [4.69, 9.17) is 5.73 Å². The highest BCUT2D eigenvalue weighted by molar-refractivity contribution is 5.75. The van der Waals surface area contributed by atoms with Crippen molar-refractivity contribution >= 4 is 11.9 Å². The lowest BCUT2D eigenvalue weighted by atomic mass is 9.77. The third-order valence-electron chi connectivity index (χ3n) is 3.85. The van der Waals surface area contributed by atoms with Crippen LogP contribution >= 0.6 is 0 Å². The predicted molar refractivity (Wildman–Crippen MR) is 66.9 cm³/mol. The SMILES string of the molecule is Cn1nc(CC2(C(=O)O)CCCCCC2)nc1N. The van der Waals surface area contributed by atoms with E-state index in [9.17, 15) is 9.90 Å². The first-order valence-corrected chi connectivity index (χ1v) is 6.42. The fourth-order valence-corrected chi connectivity index (χ4v) is 2.70. The molecule has 18 heavy (non-hydrogen) atoms. The van der Waals surface area contributed by atoms with Gasteiger partial charge in [-0.25, -0.2) is 4.68 Å². The maximum Gasteiger partial charge on any atom is 0.310 e. The van der Waals surface area contributed by atoms with Crippen LogP contribution in [0.3, 0.4) is 0 Å². The largest absolute Gasteiger partial charge is 0.481 e. The van der Waals surface area contributed by atoms with Gasteiger partial charge in [0, 0.05) is 13.5 Å². The highest BCUT2D eigenvalue weighted by Gasteiger charge is 2.39. The molecule has 0 aliphatic heterocycles. The maximum absolute atomic E-state index is 11.6. The summed E-state index contributed by atoms with van der Waals surface area (Å²) in [6, 6.07) is 0. The Labute approximate surface area is 106 Å². The van der Waals surface area contributed by atoms with E-state index in [1.54, 1.807) is 7.05 Å². The molecule has 0 unspecified atom stereocenters. The van der Waals surface area contributed by atoms with Gasteiger partial charge in [0.1, 0.15) is 0 Å². The zero-order chi connectivity index (χ0) is 13.2. The number of anilines is 1. The number of rotatable bonds is 3. The van der Waals surface area contributed by atoms with Crippen molar-refractivity contribution in [3.8, 4) is 0 Å². The van der Waals surface area contributed by atoms with Crippen LogP contribution in [-0.4, -0.2) is 25.8 Å². The quantitative estimate of drug-likeness (QED) is 0.792. The van der Waals surface area contributed by atoms with Crippen LogP contribution in [0, 0.1) is 5.41 Å². The number of carboxylic acids is 1. The van der Waals surface area contributed by atoms with Crippen molar-refractivity contribution < 1.29 is 9.90 Å². The van der Waals surface area contributed by atoms with E-state index in [2.05, 4.69) is 10.1 Å². The van der Waals surface area contributed by atoms with E-state index in [-0.39, 0.29) is 0 Å². The molecule has 0 saturated heterocycles. The van der Waals surface area contributed by atoms with Crippen LogP contribution < -0.4 is 5.73 Å². The van der Waals surface area contributed by atoms with Gasteiger partial charge in [-0.1, -0.05) is 25.7 Å². The van der Waals surface area contributed by atoms with Crippen LogP contribution in [0.4, 0.5) is 5.95 Å². The number of carbonyl (C=O) groups is 1. The van der Waals surface area contributed by atoms with Crippen LogP contribution in [0.15, 0.2) is 0 Å². The molecule has 1 fully saturated rings. The number of hydrogen-bond donors (Lipinski definition) is 2. The zero-order valence-corrected chi connectivity index (χ0v) is 10.7. The molecule has 1 heterocycles. The van der Waals surface area contributed by atoms with Crippen LogP contribution in [-0.2, 0) is 18.3 Å². The van der Waals surface area contributed by atoms with Gasteiger partial charge < -0.3 is 10.8 Å². The van der Waals surface area contributed by atoms with E-state index in [1.165, 1.54) is 4.68 Å². The van der Waals surface area contributed by atoms with Gasteiger partial charge in [-0.15, -0.1) is 0 Å². The lowest BCUT2D eigenvalue weighted by Crippen LogP contribution is -2.33. The lowest BCUT2D eigenvalue weighted by molar-refractivity contribution is -0.150. The second-order valence-electron chi connectivity index (χ2n) is 5.19. The Kier molecular flexibility index (Phi) is 3.54. The Morgan fingerprint density at radius 1 is 1.39 bits per heavy atom. The molecule has 1 aliphatic carbocycles. The van der Waals surface area contributed by atoms with Crippen molar-refractivity contribution in [2.75, 3.05) is 5.73 Å². The minimum Gasteiger partial charge on any atom is -0.481 e. The molecule has 100 valence electrons. The summed E-state index contributed by atoms with van der Waals surface area (Å²) in [4.78, 5) is 15.8. The van der Waals surface area contributed by atoms with Crippen molar-refractivity contribution in [2.24, 2.45) is 12.5 Å². The first-order valence-electron chi connectivity index (χ1n) is 6.42. The summed E-state index contributed by atoms with van der Waals surface area (Å²) >= 11 is 0. The number of nitrogens with zero attached hydrogens (tertiary/aromatic N) is 3. The van der Waals surface area contributed by atoms with E-state index in [1.807, 2.05) is 0 Å². The molecule has 0 amide bonds. The Balaban J connectivity index is 2.22. The van der Waals surface area contributed by atoms with Gasteiger partial charge in [0.05, 0.1) is 5.41 Å². The highest BCUT2D eigenvalue weighted by atomic mass is 16.4. The molecule has 0 bridgehead atoms. The Hall–Kier alpha value is -1.59. The van der Waals surface area contributed by atoms with Crippen molar-refractivity contribution in [1.82, 2.24) is 14.8 Å². The van der Waals surface area contributed by atoms with Gasteiger partial charge in [0.15, 0.2) is 5.82 Å². The minimum absolute atomic E-state index is 0.333. The summed E-state index contributed by atoms with van der Waals surface area (Å²) in [7, 11) is 1.71. The van der Waals surface area contributed by atoms with Gasteiger partial charge >= 0.3 is 5.97 Å². The molecule has 1 aliphatic rings. The van der Waals surface area contributed by atoms with E-state index in [0.717, 1.165) is 25.7 Å². The van der Waals surface area contributed by atoms with Crippen molar-refractivity contribution in [3.05, 3.63) is 5.82 Å². The number of nitrogen functional groups attached to an aromatic ring is 1. The van der Waals surface area contributed by atoms with Crippen LogP contribution in [0.25, 0.3) is 0 Å². The van der Waals surface area contributed by atoms with Gasteiger partial charge in [0.2, 0.25) is 5.95 Å². The van der Waals surface area contributed by atoms with Gasteiger partial charge in [0.25, 0.3) is 0 Å². The molecule has 3 N–H and O–H groups in total. The fraction of sp³-hybridized carbons (Fsp3) is 0.750. The number of hydrogen-bond acceptors (Lipinski definition) is 4. The third kappa shape index (κ3) is 2.47. The summed E-state index contributed by atoms with van der Waals surface area (Å²) in [5, 5.41) is 13.7. The third-order valence-corrected chi connectivity index (χ3v) is 3.85. The fourth-order valence-electron chi connectivity index (χ4n) is 2.70. The number of aliphatic carboxylic acids is 1. The van der Waals surface area contributed by atoms with Gasteiger partial charge in [-0.2, -0.15) is 10.1 Å². The first kappa shape index (κ1) is 12.9. The van der Waals surface area contributed by atoms with E-state index < -0.39 is 11.4 Å². The van der Waals surface area contributed by atoms with E-state index in [0.29, 0.717) is 31.0 Å². The molecule has 0 spiro atoms. The van der Waals surface area contributed by atoms with Crippen molar-refractivity contribution in [1.29, 1.82) is 0 Å². The van der Waals surface area contributed by atoms with Crippen molar-refractivity contribution in [3.63, 3.8) is 0 Å². The summed E-state index contributed by atoms with van der Waals surface area (Å²) in [6.45, 7) is 0. The van der Waals surface area contributed by atoms with E-state index >= 15 is 0 Å². The highest BCUT2D eigenvalue weighted by Crippen LogP contribution is 2.37. The predicted octanol–water partition coefficient (Wildman–Crippen LogP) is 1.36. The minimum atomic E-state index is -0.726. The average Bonchev–Trinajstić information content (AvgIpc) is 2.54. The van der Waals surface area contributed by atoms with Crippen LogP contribution in [0.2, 0.25) is 0 Å². The molecule has 6 heteroatoms.